The summed E-state index contributed by atoms with van der Waals surface area (Å²) in [6.07, 6.45) is -0.710. The van der Waals surface area contributed by atoms with Gasteiger partial charge >= 0.3 is 12.1 Å². The first-order valence-electron chi connectivity index (χ1n) is 11.5. The Hall–Kier alpha value is -3.17. The molecule has 0 aliphatic carbocycles. The number of nitrogens with zero attached hydrogens (tertiary/aromatic N) is 3. The highest BCUT2D eigenvalue weighted by atomic mass is 32.2. The average Bonchev–Trinajstić information content (AvgIpc) is 3.24. The first-order chi connectivity index (χ1) is 17.6. The molecule has 0 spiro atoms. The number of carbonyl (C=O) groups excluding carboxylic acids is 4. The van der Waals surface area contributed by atoms with Crippen molar-refractivity contribution < 1.29 is 38.6 Å². The van der Waals surface area contributed by atoms with Crippen LogP contribution in [0.4, 0.5) is 9.93 Å². The van der Waals surface area contributed by atoms with E-state index < -0.39 is 53.1 Å². The third-order valence-electron chi connectivity index (χ3n) is 4.87. The number of rotatable bonds is 7. The van der Waals surface area contributed by atoms with E-state index in [0.29, 0.717) is 5.57 Å². The molecule has 15 heteroatoms. The molecule has 2 atom stereocenters. The zero-order valence-corrected chi connectivity index (χ0v) is 23.7. The maximum Gasteiger partial charge on any atom is 0.413 e. The topological polar surface area (TPSA) is 169 Å². The molecule has 13 nitrogen and oxygen atoms in total. The van der Waals surface area contributed by atoms with Crippen LogP contribution in [0.1, 0.15) is 47.2 Å². The van der Waals surface area contributed by atoms with Gasteiger partial charge in [0.15, 0.2) is 10.8 Å². The molecule has 3 amide bonds. The standard InChI is InChI=1S/C23H31N5O8S2/c1-22(2,3)35-19(32)15-11(8-29)9-37-18-14(17(31)28(15)18)25-16(30)13(27-34-7)12-10-38-20(24-12)26-21(33)36-23(4,5)6/h10,14,18,29H,8-9H2,1-7H3,(H,25,30)(H,24,26,33)/b27-13-/t14-,18+/m1/s1. The number of oxime groups is 1. The Morgan fingerprint density at radius 1 is 1.18 bits per heavy atom. The molecule has 1 fully saturated rings. The summed E-state index contributed by atoms with van der Waals surface area (Å²) in [7, 11) is 1.25. The molecule has 1 aromatic rings. The lowest BCUT2D eigenvalue weighted by Crippen LogP contribution is -2.71. The van der Waals surface area contributed by atoms with Crippen molar-refractivity contribution in [3.05, 3.63) is 22.3 Å². The molecule has 0 aromatic carbocycles. The molecule has 2 aliphatic rings. The molecule has 0 bridgehead atoms. The second kappa shape index (κ2) is 11.3. The highest BCUT2D eigenvalue weighted by Crippen LogP contribution is 2.41. The molecule has 38 heavy (non-hydrogen) atoms. The Morgan fingerprint density at radius 2 is 1.84 bits per heavy atom. The summed E-state index contributed by atoms with van der Waals surface area (Å²) >= 11 is 2.34. The highest BCUT2D eigenvalue weighted by Gasteiger charge is 2.55. The van der Waals surface area contributed by atoms with Crippen LogP contribution in [0.5, 0.6) is 0 Å². The summed E-state index contributed by atoms with van der Waals surface area (Å²) in [5.41, 5.74) is -1.26. The normalized spacial score (nSPS) is 19.8. The predicted octanol–water partition coefficient (Wildman–Crippen LogP) is 1.83. The molecule has 3 N–H and O–H groups in total. The van der Waals surface area contributed by atoms with Gasteiger partial charge in [0.1, 0.15) is 41.1 Å². The number of anilines is 1. The number of carbonyl (C=O) groups is 4. The van der Waals surface area contributed by atoms with Crippen molar-refractivity contribution in [2.24, 2.45) is 5.16 Å². The average molecular weight is 570 g/mol. The van der Waals surface area contributed by atoms with Gasteiger partial charge in [-0.05, 0) is 47.1 Å². The summed E-state index contributed by atoms with van der Waals surface area (Å²) in [4.78, 5) is 61.3. The minimum Gasteiger partial charge on any atom is -0.455 e. The van der Waals surface area contributed by atoms with Gasteiger partial charge in [0, 0.05) is 11.1 Å². The third kappa shape index (κ3) is 6.82. The lowest BCUT2D eigenvalue weighted by molar-refractivity contribution is -0.158. The number of nitrogens with one attached hydrogen (secondary N) is 2. The van der Waals surface area contributed by atoms with E-state index in [9.17, 15) is 24.3 Å². The summed E-state index contributed by atoms with van der Waals surface area (Å²) in [6.45, 7) is 9.84. The molecule has 3 rings (SSSR count). The summed E-state index contributed by atoms with van der Waals surface area (Å²) < 4.78 is 10.6. The van der Waals surface area contributed by atoms with Crippen molar-refractivity contribution >= 4 is 57.8 Å². The number of aromatic nitrogens is 1. The van der Waals surface area contributed by atoms with E-state index in [1.165, 1.54) is 29.2 Å². The van der Waals surface area contributed by atoms with Gasteiger partial charge in [-0.15, -0.1) is 23.1 Å². The van der Waals surface area contributed by atoms with Crippen LogP contribution in [0.25, 0.3) is 0 Å². The van der Waals surface area contributed by atoms with Crippen LogP contribution < -0.4 is 10.6 Å². The lowest BCUT2D eigenvalue weighted by Gasteiger charge is -2.49. The van der Waals surface area contributed by atoms with Crippen molar-refractivity contribution in [1.29, 1.82) is 0 Å². The molecule has 1 saturated heterocycles. The van der Waals surface area contributed by atoms with E-state index in [-0.39, 0.29) is 28.0 Å². The first-order valence-corrected chi connectivity index (χ1v) is 13.5. The highest BCUT2D eigenvalue weighted by molar-refractivity contribution is 8.00. The number of amides is 3. The largest absolute Gasteiger partial charge is 0.455 e. The fourth-order valence-corrected chi connectivity index (χ4v) is 5.47. The Kier molecular flexibility index (Phi) is 8.73. The minimum absolute atomic E-state index is 0.00943. The fraction of sp³-hybridized carbons (Fsp3) is 0.565. The van der Waals surface area contributed by atoms with E-state index in [0.717, 1.165) is 11.3 Å². The zero-order chi connectivity index (χ0) is 28.4. The number of ether oxygens (including phenoxy) is 2. The van der Waals surface area contributed by atoms with Gasteiger partial charge in [-0.2, -0.15) is 0 Å². The lowest BCUT2D eigenvalue weighted by atomic mass is 10.0. The minimum atomic E-state index is -0.967. The van der Waals surface area contributed by atoms with Gasteiger partial charge < -0.3 is 24.7 Å². The zero-order valence-electron chi connectivity index (χ0n) is 22.1. The number of aliphatic hydroxyl groups excluding tert-OH is 1. The molecule has 208 valence electrons. The predicted molar refractivity (Wildman–Crippen MR) is 140 cm³/mol. The summed E-state index contributed by atoms with van der Waals surface area (Å²) in [6, 6.07) is -0.967. The number of hydrogen-bond acceptors (Lipinski definition) is 12. The maximum atomic E-state index is 13.1. The molecule has 0 unspecified atom stereocenters. The van der Waals surface area contributed by atoms with Gasteiger partial charge in [-0.3, -0.25) is 19.8 Å². The van der Waals surface area contributed by atoms with Crippen LogP contribution in [0.2, 0.25) is 0 Å². The Balaban J connectivity index is 1.74. The van der Waals surface area contributed by atoms with Crippen LogP contribution in [0, 0.1) is 0 Å². The Bertz CT molecular complexity index is 1180. The Labute approximate surface area is 228 Å². The third-order valence-corrected chi connectivity index (χ3v) is 6.97. The second-order valence-corrected chi connectivity index (χ2v) is 12.2. The molecule has 1 aromatic heterocycles. The number of hydrogen-bond donors (Lipinski definition) is 3. The molecule has 0 saturated carbocycles. The quantitative estimate of drug-likeness (QED) is 0.191. The Morgan fingerprint density at radius 3 is 2.42 bits per heavy atom. The smallest absolute Gasteiger partial charge is 0.413 e. The van der Waals surface area contributed by atoms with Crippen LogP contribution in [-0.4, -0.2) is 86.7 Å². The molecule has 0 radical (unpaired) electrons. The van der Waals surface area contributed by atoms with Crippen molar-refractivity contribution in [2.75, 3.05) is 24.8 Å². The molecular formula is C23H31N5O8S2. The van der Waals surface area contributed by atoms with Crippen LogP contribution in [0.3, 0.4) is 0 Å². The van der Waals surface area contributed by atoms with Gasteiger partial charge in [0.25, 0.3) is 11.8 Å². The van der Waals surface area contributed by atoms with Gasteiger partial charge in [-0.25, -0.2) is 14.6 Å². The van der Waals surface area contributed by atoms with Crippen molar-refractivity contribution in [2.45, 2.75) is 64.2 Å². The van der Waals surface area contributed by atoms with E-state index >= 15 is 0 Å². The van der Waals surface area contributed by atoms with Crippen molar-refractivity contribution in [3.8, 4) is 0 Å². The van der Waals surface area contributed by atoms with E-state index in [1.807, 2.05) is 0 Å². The number of esters is 1. The maximum absolute atomic E-state index is 13.1. The van der Waals surface area contributed by atoms with Crippen molar-refractivity contribution in [3.63, 3.8) is 0 Å². The number of thiazole rings is 1. The monoisotopic (exact) mass is 569 g/mol. The number of β-lactam (4-membered cyclic amide) rings is 1. The second-order valence-electron chi connectivity index (χ2n) is 10.3. The number of fused-ring (bicyclic) bond motifs is 1. The molecule has 3 heterocycles. The number of thioether (sulfide) groups is 1. The summed E-state index contributed by atoms with van der Waals surface area (Å²) in [5, 5.41) is 19.7. The molecular weight excluding hydrogens is 538 g/mol. The van der Waals surface area contributed by atoms with Crippen LogP contribution in [0.15, 0.2) is 21.8 Å². The van der Waals surface area contributed by atoms with E-state index in [4.69, 9.17) is 14.3 Å². The van der Waals surface area contributed by atoms with Crippen LogP contribution in [-0.2, 0) is 28.7 Å². The number of aliphatic hydroxyl groups is 1. The van der Waals surface area contributed by atoms with Crippen LogP contribution >= 0.6 is 23.1 Å². The van der Waals surface area contributed by atoms with Gasteiger partial charge in [0.05, 0.1) is 6.61 Å². The van der Waals surface area contributed by atoms with E-state index in [1.54, 1.807) is 41.5 Å². The van der Waals surface area contributed by atoms with Crippen molar-refractivity contribution in [1.82, 2.24) is 15.2 Å². The van der Waals surface area contributed by atoms with Gasteiger partial charge in [0.2, 0.25) is 0 Å². The summed E-state index contributed by atoms with van der Waals surface area (Å²) in [5.74, 6) is -1.73. The van der Waals surface area contributed by atoms with Gasteiger partial charge in [-0.1, -0.05) is 5.16 Å². The van der Waals surface area contributed by atoms with E-state index in [2.05, 4.69) is 20.8 Å². The SMILES string of the molecule is CO/N=C(\C(=O)N[C@@H]1C(=O)N2C(C(=O)OC(C)(C)C)=C(CO)CS[C@@H]12)c1csc(NC(=O)OC(C)(C)C)n1. The fourth-order valence-electron chi connectivity index (χ4n) is 3.46. The molecule has 2 aliphatic heterocycles. The first kappa shape index (κ1) is 29.4.